The van der Waals surface area contributed by atoms with Gasteiger partial charge in [-0.1, -0.05) is 30.3 Å². The summed E-state index contributed by atoms with van der Waals surface area (Å²) in [5.41, 5.74) is 2.12. The predicted octanol–water partition coefficient (Wildman–Crippen LogP) is 2.85. The number of rotatable bonds is 3. The Hall–Kier alpha value is -3.58. The van der Waals surface area contributed by atoms with Crippen LogP contribution in [0.5, 0.6) is 0 Å². The van der Waals surface area contributed by atoms with Gasteiger partial charge < -0.3 is 14.9 Å². The van der Waals surface area contributed by atoms with Gasteiger partial charge in [-0.05, 0) is 35.9 Å². The maximum atomic E-state index is 14.3. The molecular formula is C24H20FN3O3. The van der Waals surface area contributed by atoms with E-state index in [1.165, 1.54) is 23.1 Å². The molecule has 2 aromatic carbocycles. The van der Waals surface area contributed by atoms with Gasteiger partial charge in [0.05, 0.1) is 24.3 Å². The lowest BCUT2D eigenvalue weighted by atomic mass is 9.71. The number of aliphatic hydroxyl groups excluding tert-OH is 1. The second kappa shape index (κ2) is 7.59. The number of para-hydroxylation sites is 1. The standard InChI is InChI=1S/C24H20FN3O3/c25-18-7-3-1-5-16(18)24(31)28-20-13-27(23(30)15-9-11-26-12-10-15)19-8-4-2-6-17(19)22(20)21(28)14-29/h1-12,20-22,29H,13-14H2/t20-,21-,22+/m1/s1. The lowest BCUT2D eigenvalue weighted by molar-refractivity contribution is -0.0249. The van der Waals surface area contributed by atoms with E-state index in [1.54, 1.807) is 35.5 Å². The highest BCUT2D eigenvalue weighted by molar-refractivity contribution is 6.07. The summed E-state index contributed by atoms with van der Waals surface area (Å²) >= 11 is 0. The third-order valence-electron chi connectivity index (χ3n) is 6.20. The van der Waals surface area contributed by atoms with Crippen molar-refractivity contribution in [2.75, 3.05) is 18.1 Å². The Morgan fingerprint density at radius 3 is 2.45 bits per heavy atom. The smallest absolute Gasteiger partial charge is 0.258 e. The van der Waals surface area contributed by atoms with Gasteiger partial charge in [-0.3, -0.25) is 14.6 Å². The third kappa shape index (κ3) is 3.00. The van der Waals surface area contributed by atoms with E-state index in [9.17, 15) is 19.1 Å². The largest absolute Gasteiger partial charge is 0.394 e. The Morgan fingerprint density at radius 2 is 1.71 bits per heavy atom. The van der Waals surface area contributed by atoms with Crippen molar-refractivity contribution >= 4 is 17.5 Å². The molecule has 7 heteroatoms. The first-order valence-electron chi connectivity index (χ1n) is 10.1. The molecule has 1 fully saturated rings. The van der Waals surface area contributed by atoms with Crippen LogP contribution in [-0.4, -0.2) is 52.0 Å². The summed E-state index contributed by atoms with van der Waals surface area (Å²) in [6, 6.07) is 15.8. The number of nitrogens with zero attached hydrogens (tertiary/aromatic N) is 3. The fourth-order valence-corrected chi connectivity index (χ4v) is 4.78. The van der Waals surface area contributed by atoms with Crippen molar-refractivity contribution in [2.45, 2.75) is 18.0 Å². The molecule has 6 nitrogen and oxygen atoms in total. The molecule has 0 bridgehead atoms. The molecule has 0 aliphatic carbocycles. The topological polar surface area (TPSA) is 73.7 Å². The van der Waals surface area contributed by atoms with E-state index >= 15 is 0 Å². The monoisotopic (exact) mass is 417 g/mol. The highest BCUT2D eigenvalue weighted by Crippen LogP contribution is 2.49. The van der Waals surface area contributed by atoms with Gasteiger partial charge in [0, 0.05) is 36.1 Å². The summed E-state index contributed by atoms with van der Waals surface area (Å²) in [5, 5.41) is 10.1. The fraction of sp³-hybridized carbons (Fsp3) is 0.208. The molecule has 2 amide bonds. The van der Waals surface area contributed by atoms with E-state index in [1.807, 2.05) is 24.3 Å². The second-order valence-electron chi connectivity index (χ2n) is 7.75. The number of carbonyl (C=O) groups is 2. The van der Waals surface area contributed by atoms with Crippen LogP contribution in [0.3, 0.4) is 0 Å². The van der Waals surface area contributed by atoms with Crippen molar-refractivity contribution in [3.05, 3.63) is 95.6 Å². The molecule has 0 radical (unpaired) electrons. The molecule has 1 saturated heterocycles. The Labute approximate surface area is 178 Å². The molecule has 0 unspecified atom stereocenters. The SMILES string of the molecule is O=C(c1ccncc1)N1C[C@@H]2[C@H](c3ccccc31)[C@@H](CO)N2C(=O)c1ccccc1F. The molecule has 31 heavy (non-hydrogen) atoms. The Balaban J connectivity index is 1.54. The zero-order valence-electron chi connectivity index (χ0n) is 16.6. The predicted molar refractivity (Wildman–Crippen MR) is 112 cm³/mol. The normalized spacial score (nSPS) is 21.7. The van der Waals surface area contributed by atoms with E-state index in [-0.39, 0.29) is 36.6 Å². The lowest BCUT2D eigenvalue weighted by Crippen LogP contribution is -2.70. The first-order chi connectivity index (χ1) is 15.1. The number of likely N-dealkylation sites (tertiary alicyclic amines) is 1. The highest BCUT2D eigenvalue weighted by atomic mass is 19.1. The summed E-state index contributed by atoms with van der Waals surface area (Å²) in [7, 11) is 0. The molecule has 3 heterocycles. The number of carbonyl (C=O) groups excluding carboxylic acids is 2. The minimum absolute atomic E-state index is 0.0368. The molecule has 0 saturated carbocycles. The summed E-state index contributed by atoms with van der Waals surface area (Å²) in [4.78, 5) is 33.6. The number of fused-ring (bicyclic) bond motifs is 3. The molecule has 1 aromatic heterocycles. The van der Waals surface area contributed by atoms with Crippen molar-refractivity contribution in [3.63, 3.8) is 0 Å². The van der Waals surface area contributed by atoms with Crippen LogP contribution >= 0.6 is 0 Å². The number of amides is 2. The quantitative estimate of drug-likeness (QED) is 0.711. The van der Waals surface area contributed by atoms with Crippen LogP contribution in [0.4, 0.5) is 10.1 Å². The first kappa shape index (κ1) is 19.4. The number of halogens is 1. The van der Waals surface area contributed by atoms with Crippen molar-refractivity contribution in [1.29, 1.82) is 0 Å². The van der Waals surface area contributed by atoms with E-state index in [0.717, 1.165) is 11.3 Å². The van der Waals surface area contributed by atoms with Gasteiger partial charge in [-0.25, -0.2) is 4.39 Å². The van der Waals surface area contributed by atoms with Crippen LogP contribution in [0.15, 0.2) is 73.1 Å². The van der Waals surface area contributed by atoms with E-state index in [4.69, 9.17) is 0 Å². The van der Waals surface area contributed by atoms with Crippen molar-refractivity contribution < 1.29 is 19.1 Å². The van der Waals surface area contributed by atoms with Crippen LogP contribution in [-0.2, 0) is 0 Å². The number of aliphatic hydroxyl groups is 1. The third-order valence-corrected chi connectivity index (χ3v) is 6.20. The minimum atomic E-state index is -0.603. The number of hydrogen-bond donors (Lipinski definition) is 1. The average Bonchev–Trinajstić information content (AvgIpc) is 2.79. The zero-order valence-corrected chi connectivity index (χ0v) is 16.6. The zero-order chi connectivity index (χ0) is 21.5. The van der Waals surface area contributed by atoms with Crippen LogP contribution in [0, 0.1) is 5.82 Å². The average molecular weight is 417 g/mol. The van der Waals surface area contributed by atoms with Crippen molar-refractivity contribution in [1.82, 2.24) is 9.88 Å². The minimum Gasteiger partial charge on any atom is -0.394 e. The Kier molecular flexibility index (Phi) is 4.75. The van der Waals surface area contributed by atoms with E-state index < -0.39 is 17.8 Å². The molecule has 156 valence electrons. The number of benzene rings is 2. The molecule has 0 spiro atoms. The summed E-state index contributed by atoms with van der Waals surface area (Å²) in [6.45, 7) is 0.0214. The Morgan fingerprint density at radius 1 is 1.00 bits per heavy atom. The van der Waals surface area contributed by atoms with Crippen LogP contribution in [0.25, 0.3) is 0 Å². The van der Waals surface area contributed by atoms with Gasteiger partial charge in [-0.15, -0.1) is 0 Å². The summed E-state index contributed by atoms with van der Waals surface area (Å²) in [5.74, 6) is -1.40. The maximum absolute atomic E-state index is 14.3. The van der Waals surface area contributed by atoms with E-state index in [2.05, 4.69) is 4.98 Å². The number of pyridine rings is 1. The van der Waals surface area contributed by atoms with Gasteiger partial charge in [0.1, 0.15) is 5.82 Å². The van der Waals surface area contributed by atoms with Gasteiger partial charge in [0.25, 0.3) is 11.8 Å². The highest BCUT2D eigenvalue weighted by Gasteiger charge is 2.55. The second-order valence-corrected chi connectivity index (χ2v) is 7.75. The number of aromatic nitrogens is 1. The summed E-state index contributed by atoms with van der Waals surface area (Å²) in [6.07, 6.45) is 3.12. The maximum Gasteiger partial charge on any atom is 0.258 e. The van der Waals surface area contributed by atoms with Crippen LogP contribution in [0.1, 0.15) is 32.2 Å². The molecular weight excluding hydrogens is 397 g/mol. The number of anilines is 1. The van der Waals surface area contributed by atoms with Crippen molar-refractivity contribution in [3.8, 4) is 0 Å². The van der Waals surface area contributed by atoms with Gasteiger partial charge in [0.15, 0.2) is 0 Å². The van der Waals surface area contributed by atoms with Crippen molar-refractivity contribution in [2.24, 2.45) is 0 Å². The number of hydrogen-bond acceptors (Lipinski definition) is 4. The van der Waals surface area contributed by atoms with E-state index in [0.29, 0.717) is 5.56 Å². The molecule has 2 aliphatic heterocycles. The molecule has 5 rings (SSSR count). The van der Waals surface area contributed by atoms with Crippen LogP contribution in [0.2, 0.25) is 0 Å². The first-order valence-corrected chi connectivity index (χ1v) is 10.1. The van der Waals surface area contributed by atoms with Gasteiger partial charge >= 0.3 is 0 Å². The molecule has 2 aliphatic rings. The Bertz CT molecular complexity index is 1150. The molecule has 3 atom stereocenters. The lowest BCUT2D eigenvalue weighted by Gasteiger charge is -2.58. The molecule has 1 N–H and O–H groups in total. The summed E-state index contributed by atoms with van der Waals surface area (Å²) < 4.78 is 14.3. The molecule has 3 aromatic rings. The van der Waals surface area contributed by atoms with Gasteiger partial charge in [0.2, 0.25) is 0 Å². The van der Waals surface area contributed by atoms with Gasteiger partial charge in [-0.2, -0.15) is 0 Å². The fourth-order valence-electron chi connectivity index (χ4n) is 4.78. The van der Waals surface area contributed by atoms with Crippen LogP contribution < -0.4 is 4.90 Å².